The van der Waals surface area contributed by atoms with Crippen LogP contribution in [0.5, 0.6) is 5.75 Å². The van der Waals surface area contributed by atoms with Crippen LogP contribution in [0.3, 0.4) is 0 Å². The van der Waals surface area contributed by atoms with E-state index in [1.807, 2.05) is 0 Å². The molecule has 1 saturated heterocycles. The lowest BCUT2D eigenvalue weighted by Gasteiger charge is -2.38. The maximum Gasteiger partial charge on any atom is 0.270 e. The summed E-state index contributed by atoms with van der Waals surface area (Å²) in [5.74, 6) is 0.712. The van der Waals surface area contributed by atoms with Gasteiger partial charge in [-0.1, -0.05) is 6.92 Å². The summed E-state index contributed by atoms with van der Waals surface area (Å²) in [7, 11) is 1.60. The minimum atomic E-state index is -0.363. The molecule has 20 heavy (non-hydrogen) atoms. The van der Waals surface area contributed by atoms with E-state index in [0.717, 1.165) is 31.6 Å². The van der Waals surface area contributed by atoms with Gasteiger partial charge in [-0.3, -0.25) is 15.0 Å². The van der Waals surface area contributed by atoms with Gasteiger partial charge in [-0.2, -0.15) is 0 Å². The molecule has 0 radical (unpaired) electrons. The molecule has 0 unspecified atom stereocenters. The molecule has 1 aliphatic rings. The standard InChI is InChI=1S/C14H21N3O3/c1-3-6-16(13-8-15-9-13)10-11-7-12(17(18)19)4-5-14(11)20-2/h4-5,7,13,15H,3,6,8-10H2,1-2H3. The summed E-state index contributed by atoms with van der Waals surface area (Å²) in [4.78, 5) is 12.9. The molecule has 0 aromatic heterocycles. The summed E-state index contributed by atoms with van der Waals surface area (Å²) < 4.78 is 5.33. The maximum atomic E-state index is 10.9. The first-order valence-corrected chi connectivity index (χ1v) is 6.91. The summed E-state index contributed by atoms with van der Waals surface area (Å²) in [6.45, 7) is 5.78. The van der Waals surface area contributed by atoms with Crippen molar-refractivity contribution in [1.29, 1.82) is 0 Å². The molecular formula is C14H21N3O3. The Hall–Kier alpha value is -1.66. The van der Waals surface area contributed by atoms with Crippen molar-refractivity contribution in [2.45, 2.75) is 25.9 Å². The molecule has 0 amide bonds. The molecule has 6 nitrogen and oxygen atoms in total. The Kier molecular flexibility index (Phi) is 4.92. The monoisotopic (exact) mass is 279 g/mol. The quantitative estimate of drug-likeness (QED) is 0.609. The van der Waals surface area contributed by atoms with Crippen LogP contribution in [0.2, 0.25) is 0 Å². The molecule has 0 atom stereocenters. The second-order valence-corrected chi connectivity index (χ2v) is 5.04. The number of hydrogen-bond donors (Lipinski definition) is 1. The van der Waals surface area contributed by atoms with Gasteiger partial charge in [0, 0.05) is 43.4 Å². The van der Waals surface area contributed by atoms with E-state index in [9.17, 15) is 10.1 Å². The lowest BCUT2D eigenvalue weighted by molar-refractivity contribution is -0.385. The van der Waals surface area contributed by atoms with Gasteiger partial charge in [0.15, 0.2) is 0 Å². The van der Waals surface area contributed by atoms with Gasteiger partial charge in [-0.05, 0) is 19.0 Å². The fourth-order valence-corrected chi connectivity index (χ4v) is 2.43. The number of ether oxygens (including phenoxy) is 1. The van der Waals surface area contributed by atoms with Gasteiger partial charge in [-0.25, -0.2) is 0 Å². The summed E-state index contributed by atoms with van der Waals surface area (Å²) in [5.41, 5.74) is 0.992. The van der Waals surface area contributed by atoms with Crippen molar-refractivity contribution in [3.8, 4) is 5.75 Å². The van der Waals surface area contributed by atoms with Crippen molar-refractivity contribution < 1.29 is 9.66 Å². The van der Waals surface area contributed by atoms with Gasteiger partial charge in [-0.15, -0.1) is 0 Å². The molecule has 1 aromatic rings. The Morgan fingerprint density at radius 1 is 1.50 bits per heavy atom. The molecule has 1 aliphatic heterocycles. The lowest BCUT2D eigenvalue weighted by atomic mass is 10.1. The third-order valence-electron chi connectivity index (χ3n) is 3.64. The van der Waals surface area contributed by atoms with Crippen LogP contribution in [-0.4, -0.2) is 42.6 Å². The summed E-state index contributed by atoms with van der Waals surface area (Å²) in [5, 5.41) is 14.2. The van der Waals surface area contributed by atoms with Crippen molar-refractivity contribution in [3.05, 3.63) is 33.9 Å². The third kappa shape index (κ3) is 3.26. The Morgan fingerprint density at radius 3 is 2.75 bits per heavy atom. The number of nitrogens with one attached hydrogen (secondary N) is 1. The summed E-state index contributed by atoms with van der Waals surface area (Å²) >= 11 is 0. The first-order chi connectivity index (χ1) is 9.65. The largest absolute Gasteiger partial charge is 0.496 e. The van der Waals surface area contributed by atoms with Crippen molar-refractivity contribution in [3.63, 3.8) is 0 Å². The second kappa shape index (κ2) is 6.67. The number of benzene rings is 1. The number of non-ortho nitro benzene ring substituents is 1. The van der Waals surface area contributed by atoms with Crippen molar-refractivity contribution >= 4 is 5.69 Å². The number of nitro groups is 1. The fraction of sp³-hybridized carbons (Fsp3) is 0.571. The first-order valence-electron chi connectivity index (χ1n) is 6.91. The van der Waals surface area contributed by atoms with Gasteiger partial charge in [0.25, 0.3) is 5.69 Å². The predicted molar refractivity (Wildman–Crippen MR) is 77.0 cm³/mol. The second-order valence-electron chi connectivity index (χ2n) is 5.04. The number of nitrogens with zero attached hydrogens (tertiary/aromatic N) is 2. The predicted octanol–water partition coefficient (Wildman–Crippen LogP) is 1.79. The van der Waals surface area contributed by atoms with Crippen molar-refractivity contribution in [2.75, 3.05) is 26.7 Å². The SMILES string of the molecule is CCCN(Cc1cc([N+](=O)[O-])ccc1OC)C1CNC1. The van der Waals surface area contributed by atoms with Crippen molar-refractivity contribution in [2.24, 2.45) is 0 Å². The Labute approximate surface area is 118 Å². The molecule has 110 valence electrons. The van der Waals surface area contributed by atoms with E-state index >= 15 is 0 Å². The van der Waals surface area contributed by atoms with Crippen LogP contribution in [0.4, 0.5) is 5.69 Å². The van der Waals surface area contributed by atoms with Crippen LogP contribution in [0.15, 0.2) is 18.2 Å². The van der Waals surface area contributed by atoms with Crippen LogP contribution in [-0.2, 0) is 6.54 Å². The van der Waals surface area contributed by atoms with Crippen LogP contribution in [0.25, 0.3) is 0 Å². The first kappa shape index (κ1) is 14.7. The topological polar surface area (TPSA) is 67.6 Å². The van der Waals surface area contributed by atoms with Crippen LogP contribution < -0.4 is 10.1 Å². The number of nitro benzene ring substituents is 1. The minimum Gasteiger partial charge on any atom is -0.496 e. The average Bonchev–Trinajstić information content (AvgIpc) is 2.36. The number of rotatable bonds is 7. The van der Waals surface area contributed by atoms with Gasteiger partial charge in [0.2, 0.25) is 0 Å². The maximum absolute atomic E-state index is 10.9. The van der Waals surface area contributed by atoms with Crippen molar-refractivity contribution in [1.82, 2.24) is 10.2 Å². The molecule has 1 N–H and O–H groups in total. The molecule has 1 fully saturated rings. The zero-order valence-corrected chi connectivity index (χ0v) is 12.0. The lowest BCUT2D eigenvalue weighted by Crippen LogP contribution is -2.56. The van der Waals surface area contributed by atoms with E-state index in [2.05, 4.69) is 17.1 Å². The highest BCUT2D eigenvalue weighted by Crippen LogP contribution is 2.26. The zero-order valence-electron chi connectivity index (χ0n) is 12.0. The molecule has 0 spiro atoms. The molecule has 1 aromatic carbocycles. The van der Waals surface area contributed by atoms with Crippen LogP contribution in [0.1, 0.15) is 18.9 Å². The number of methoxy groups -OCH3 is 1. The number of hydrogen-bond acceptors (Lipinski definition) is 5. The molecule has 2 rings (SSSR count). The Bertz CT molecular complexity index is 475. The molecule has 1 heterocycles. The van der Waals surface area contributed by atoms with Gasteiger partial charge in [0.1, 0.15) is 5.75 Å². The highest BCUT2D eigenvalue weighted by atomic mass is 16.6. The smallest absolute Gasteiger partial charge is 0.270 e. The molecule has 6 heteroatoms. The normalized spacial score (nSPS) is 15.2. The van der Waals surface area contributed by atoms with E-state index in [4.69, 9.17) is 4.74 Å². The van der Waals surface area contributed by atoms with E-state index in [-0.39, 0.29) is 10.6 Å². The average molecular weight is 279 g/mol. The Morgan fingerprint density at radius 2 is 2.25 bits per heavy atom. The van der Waals surface area contributed by atoms with Crippen LogP contribution >= 0.6 is 0 Å². The highest BCUT2D eigenvalue weighted by Gasteiger charge is 2.25. The molecule has 0 aliphatic carbocycles. The van der Waals surface area contributed by atoms with Crippen LogP contribution in [0, 0.1) is 10.1 Å². The fourth-order valence-electron chi connectivity index (χ4n) is 2.43. The molecule has 0 saturated carbocycles. The highest BCUT2D eigenvalue weighted by molar-refractivity contribution is 5.43. The minimum absolute atomic E-state index is 0.115. The van der Waals surface area contributed by atoms with E-state index in [1.54, 1.807) is 19.2 Å². The van der Waals surface area contributed by atoms with E-state index < -0.39 is 0 Å². The summed E-state index contributed by atoms with van der Waals surface area (Å²) in [6.07, 6.45) is 1.06. The van der Waals surface area contributed by atoms with E-state index in [1.165, 1.54) is 6.07 Å². The van der Waals surface area contributed by atoms with Gasteiger partial charge < -0.3 is 10.1 Å². The molecular weight excluding hydrogens is 258 g/mol. The zero-order chi connectivity index (χ0) is 14.5. The van der Waals surface area contributed by atoms with Gasteiger partial charge >= 0.3 is 0 Å². The molecule has 0 bridgehead atoms. The van der Waals surface area contributed by atoms with Gasteiger partial charge in [0.05, 0.1) is 12.0 Å². The summed E-state index contributed by atoms with van der Waals surface area (Å²) in [6, 6.07) is 5.29. The third-order valence-corrected chi connectivity index (χ3v) is 3.64. The van der Waals surface area contributed by atoms with E-state index in [0.29, 0.717) is 18.3 Å². The Balaban J connectivity index is 2.19.